The molecule has 1 atom stereocenters. The molecule has 1 unspecified atom stereocenters. The lowest BCUT2D eigenvalue weighted by Gasteiger charge is -2.33. The zero-order valence-electron chi connectivity index (χ0n) is 11.1. The van der Waals surface area contributed by atoms with E-state index >= 15 is 0 Å². The third-order valence-corrected chi connectivity index (χ3v) is 3.50. The van der Waals surface area contributed by atoms with Gasteiger partial charge >= 0.3 is 0 Å². The van der Waals surface area contributed by atoms with Crippen molar-refractivity contribution in [3.8, 4) is 0 Å². The summed E-state index contributed by atoms with van der Waals surface area (Å²) >= 11 is 0. The molecule has 0 saturated carbocycles. The fourth-order valence-electron chi connectivity index (χ4n) is 2.28. The highest BCUT2D eigenvalue weighted by molar-refractivity contribution is 4.85. The smallest absolute Gasteiger partial charge is 0.0815 e. The van der Waals surface area contributed by atoms with Crippen LogP contribution in [0.25, 0.3) is 0 Å². The molecule has 0 bridgehead atoms. The van der Waals surface area contributed by atoms with Crippen molar-refractivity contribution >= 4 is 0 Å². The minimum atomic E-state index is -0.557. The van der Waals surface area contributed by atoms with Crippen LogP contribution in [0, 0.1) is 0 Å². The molecule has 0 aromatic carbocycles. The van der Waals surface area contributed by atoms with Crippen molar-refractivity contribution in [1.82, 2.24) is 5.32 Å². The molecule has 1 fully saturated rings. The Morgan fingerprint density at radius 1 is 1.41 bits per heavy atom. The van der Waals surface area contributed by atoms with E-state index in [0.29, 0.717) is 25.8 Å². The van der Waals surface area contributed by atoms with Crippen LogP contribution in [0.1, 0.15) is 45.4 Å². The van der Waals surface area contributed by atoms with Crippen LogP contribution in [0.4, 0.5) is 0 Å². The second-order valence-corrected chi connectivity index (χ2v) is 5.07. The van der Waals surface area contributed by atoms with Crippen LogP contribution in [0.15, 0.2) is 12.7 Å². The van der Waals surface area contributed by atoms with Gasteiger partial charge in [0.1, 0.15) is 0 Å². The van der Waals surface area contributed by atoms with E-state index in [2.05, 4.69) is 18.8 Å². The Kier molecular flexibility index (Phi) is 6.78. The van der Waals surface area contributed by atoms with Gasteiger partial charge in [0.15, 0.2) is 0 Å². The summed E-state index contributed by atoms with van der Waals surface area (Å²) in [5, 5.41) is 13.9. The molecule has 17 heavy (non-hydrogen) atoms. The first kappa shape index (κ1) is 14.7. The van der Waals surface area contributed by atoms with Crippen LogP contribution >= 0.6 is 0 Å². The van der Waals surface area contributed by atoms with Crippen molar-refractivity contribution in [3.63, 3.8) is 0 Å². The first-order valence-electron chi connectivity index (χ1n) is 6.84. The summed E-state index contributed by atoms with van der Waals surface area (Å²) in [7, 11) is 0. The molecule has 1 aliphatic rings. The Balaban J connectivity index is 2.30. The minimum Gasteiger partial charge on any atom is -0.388 e. The van der Waals surface area contributed by atoms with Crippen molar-refractivity contribution in [1.29, 1.82) is 0 Å². The maximum atomic E-state index is 10.4. The van der Waals surface area contributed by atoms with Gasteiger partial charge < -0.3 is 15.2 Å². The summed E-state index contributed by atoms with van der Waals surface area (Å²) in [6, 6.07) is 0.505. The van der Waals surface area contributed by atoms with Gasteiger partial charge in [-0.3, -0.25) is 0 Å². The molecule has 100 valence electrons. The second kappa shape index (κ2) is 7.85. The molecule has 2 N–H and O–H groups in total. The Morgan fingerprint density at radius 3 is 2.71 bits per heavy atom. The Morgan fingerprint density at radius 2 is 2.12 bits per heavy atom. The summed E-state index contributed by atoms with van der Waals surface area (Å²) in [6.45, 7) is 8.02. The maximum Gasteiger partial charge on any atom is 0.0815 e. The van der Waals surface area contributed by atoms with Gasteiger partial charge in [-0.05, 0) is 19.3 Å². The molecule has 3 nitrogen and oxygen atoms in total. The SMILES string of the molecule is C=CCCC(CCC)NCC1(O)CCOCC1. The van der Waals surface area contributed by atoms with Crippen LogP contribution in [0.2, 0.25) is 0 Å². The molecular formula is C14H27NO2. The lowest BCUT2D eigenvalue weighted by Crippen LogP contribution is -2.47. The predicted molar refractivity (Wildman–Crippen MR) is 71.1 cm³/mol. The van der Waals surface area contributed by atoms with E-state index in [-0.39, 0.29) is 0 Å². The zero-order valence-corrected chi connectivity index (χ0v) is 11.1. The van der Waals surface area contributed by atoms with Crippen molar-refractivity contribution < 1.29 is 9.84 Å². The van der Waals surface area contributed by atoms with Crippen LogP contribution < -0.4 is 5.32 Å². The van der Waals surface area contributed by atoms with Gasteiger partial charge in [0.2, 0.25) is 0 Å². The van der Waals surface area contributed by atoms with Gasteiger partial charge in [-0.25, -0.2) is 0 Å². The van der Waals surface area contributed by atoms with Gasteiger partial charge in [0.05, 0.1) is 5.60 Å². The lowest BCUT2D eigenvalue weighted by molar-refractivity contribution is -0.0629. The van der Waals surface area contributed by atoms with Crippen LogP contribution in [-0.2, 0) is 4.74 Å². The lowest BCUT2D eigenvalue weighted by atomic mass is 9.93. The molecule has 1 aliphatic heterocycles. The average molecular weight is 241 g/mol. The van der Waals surface area contributed by atoms with Gasteiger partial charge in [0, 0.05) is 38.6 Å². The molecule has 0 aromatic heterocycles. The number of rotatable bonds is 8. The van der Waals surface area contributed by atoms with E-state index in [4.69, 9.17) is 4.74 Å². The van der Waals surface area contributed by atoms with Crippen LogP contribution in [-0.4, -0.2) is 36.5 Å². The first-order chi connectivity index (χ1) is 8.20. The van der Waals surface area contributed by atoms with E-state index < -0.39 is 5.60 Å². The zero-order chi connectivity index (χ0) is 12.6. The van der Waals surface area contributed by atoms with Crippen LogP contribution in [0.3, 0.4) is 0 Å². The minimum absolute atomic E-state index is 0.505. The van der Waals surface area contributed by atoms with Crippen molar-refractivity contribution in [2.75, 3.05) is 19.8 Å². The number of aliphatic hydroxyl groups is 1. The summed E-state index contributed by atoms with van der Waals surface area (Å²) in [4.78, 5) is 0. The van der Waals surface area contributed by atoms with Gasteiger partial charge in [-0.15, -0.1) is 6.58 Å². The van der Waals surface area contributed by atoms with Crippen molar-refractivity contribution in [2.45, 2.75) is 57.1 Å². The molecule has 0 spiro atoms. The highest BCUT2D eigenvalue weighted by atomic mass is 16.5. The molecule has 1 heterocycles. The highest BCUT2D eigenvalue weighted by Gasteiger charge is 2.29. The highest BCUT2D eigenvalue weighted by Crippen LogP contribution is 2.20. The van der Waals surface area contributed by atoms with Crippen molar-refractivity contribution in [2.24, 2.45) is 0 Å². The van der Waals surface area contributed by atoms with Crippen LogP contribution in [0.5, 0.6) is 0 Å². The maximum absolute atomic E-state index is 10.4. The monoisotopic (exact) mass is 241 g/mol. The van der Waals surface area contributed by atoms with Gasteiger partial charge in [-0.1, -0.05) is 19.4 Å². The Labute approximate surface area is 105 Å². The third kappa shape index (κ3) is 5.66. The number of allylic oxidation sites excluding steroid dienone is 1. The molecule has 1 rings (SSSR count). The molecule has 0 radical (unpaired) electrons. The summed E-state index contributed by atoms with van der Waals surface area (Å²) in [6.07, 6.45) is 7.97. The summed E-state index contributed by atoms with van der Waals surface area (Å²) in [5.41, 5.74) is -0.557. The average Bonchev–Trinajstić information content (AvgIpc) is 2.34. The number of ether oxygens (including phenoxy) is 1. The number of nitrogens with one attached hydrogen (secondary N) is 1. The predicted octanol–water partition coefficient (Wildman–Crippen LogP) is 2.25. The first-order valence-corrected chi connectivity index (χ1v) is 6.84. The number of hydrogen-bond acceptors (Lipinski definition) is 3. The fraction of sp³-hybridized carbons (Fsp3) is 0.857. The standard InChI is InChI=1S/C14H27NO2/c1-3-5-7-13(6-4-2)15-12-14(16)8-10-17-11-9-14/h3,13,15-16H,1,4-12H2,2H3. The van der Waals surface area contributed by atoms with E-state index in [1.807, 2.05) is 6.08 Å². The Bertz CT molecular complexity index is 212. The molecule has 0 aromatic rings. The molecular weight excluding hydrogens is 214 g/mol. The van der Waals surface area contributed by atoms with E-state index in [9.17, 15) is 5.11 Å². The molecule has 3 heteroatoms. The molecule has 0 amide bonds. The quantitative estimate of drug-likeness (QED) is 0.640. The van der Waals surface area contributed by atoms with E-state index in [0.717, 1.165) is 25.7 Å². The number of hydrogen-bond donors (Lipinski definition) is 2. The Hall–Kier alpha value is -0.380. The molecule has 1 saturated heterocycles. The van der Waals surface area contributed by atoms with Crippen molar-refractivity contribution in [3.05, 3.63) is 12.7 Å². The topological polar surface area (TPSA) is 41.5 Å². The van der Waals surface area contributed by atoms with Gasteiger partial charge in [0.25, 0.3) is 0 Å². The van der Waals surface area contributed by atoms with E-state index in [1.165, 1.54) is 12.8 Å². The third-order valence-electron chi connectivity index (χ3n) is 3.50. The van der Waals surface area contributed by atoms with E-state index in [1.54, 1.807) is 0 Å². The molecule has 0 aliphatic carbocycles. The van der Waals surface area contributed by atoms with Gasteiger partial charge in [-0.2, -0.15) is 0 Å². The summed E-state index contributed by atoms with van der Waals surface area (Å²) in [5.74, 6) is 0. The second-order valence-electron chi connectivity index (χ2n) is 5.07. The summed E-state index contributed by atoms with van der Waals surface area (Å²) < 4.78 is 5.28. The fourth-order valence-corrected chi connectivity index (χ4v) is 2.28. The largest absolute Gasteiger partial charge is 0.388 e. The normalized spacial score (nSPS) is 21.1.